The number of anilines is 1. The van der Waals surface area contributed by atoms with Gasteiger partial charge in [0.2, 0.25) is 11.8 Å². The Labute approximate surface area is 195 Å². The van der Waals surface area contributed by atoms with Crippen LogP contribution in [0.1, 0.15) is 28.4 Å². The third kappa shape index (κ3) is 4.41. The third-order valence-corrected chi connectivity index (χ3v) is 5.61. The van der Waals surface area contributed by atoms with Crippen LogP contribution < -0.4 is 15.8 Å². The van der Waals surface area contributed by atoms with Crippen LogP contribution in [0.15, 0.2) is 71.4 Å². The van der Waals surface area contributed by atoms with Gasteiger partial charge in [-0.15, -0.1) is 0 Å². The van der Waals surface area contributed by atoms with Gasteiger partial charge < -0.3 is 20.2 Å². The lowest BCUT2D eigenvalue weighted by Crippen LogP contribution is -2.12. The van der Waals surface area contributed by atoms with Crippen LogP contribution >= 0.6 is 0 Å². The van der Waals surface area contributed by atoms with Gasteiger partial charge in [0.15, 0.2) is 0 Å². The Hall–Kier alpha value is -4.39. The fourth-order valence-electron chi connectivity index (χ4n) is 3.90. The van der Waals surface area contributed by atoms with Crippen LogP contribution in [0.3, 0.4) is 0 Å². The number of amides is 2. The first kappa shape index (κ1) is 22.8. The summed E-state index contributed by atoms with van der Waals surface area (Å²) >= 11 is 0. The molecule has 6 nitrogen and oxygen atoms in total. The first-order valence-corrected chi connectivity index (χ1v) is 10.5. The van der Waals surface area contributed by atoms with E-state index in [4.69, 9.17) is 14.9 Å². The molecule has 0 bridgehead atoms. The molecule has 0 atom stereocenters. The van der Waals surface area contributed by atoms with Gasteiger partial charge in [0.05, 0.1) is 13.4 Å². The molecule has 1 aromatic heterocycles. The Kier molecular flexibility index (Phi) is 6.19. The van der Waals surface area contributed by atoms with Crippen LogP contribution in [-0.4, -0.2) is 18.9 Å². The second-order valence-corrected chi connectivity index (χ2v) is 7.87. The highest BCUT2D eigenvalue weighted by atomic mass is 19.1. The van der Waals surface area contributed by atoms with Gasteiger partial charge in [0.1, 0.15) is 17.1 Å². The molecule has 34 heavy (non-hydrogen) atoms. The van der Waals surface area contributed by atoms with E-state index in [0.717, 1.165) is 27.6 Å². The molecule has 0 saturated heterocycles. The van der Waals surface area contributed by atoms with E-state index >= 15 is 0 Å². The summed E-state index contributed by atoms with van der Waals surface area (Å²) in [5, 5.41) is 3.60. The number of halogens is 1. The maximum absolute atomic E-state index is 13.4. The lowest BCUT2D eigenvalue weighted by atomic mass is 9.96. The van der Waals surface area contributed by atoms with E-state index in [1.165, 1.54) is 18.2 Å². The van der Waals surface area contributed by atoms with Crippen molar-refractivity contribution in [2.45, 2.75) is 13.8 Å². The number of nitrogens with two attached hydrogens (primary N) is 1. The molecule has 0 spiro atoms. The zero-order valence-electron chi connectivity index (χ0n) is 18.9. The topological polar surface area (TPSA) is 94.6 Å². The molecule has 3 N–H and O–H groups in total. The standard InChI is InChI=1S/C27H23FN2O4/c1-15(12-24(31)30-20-10-6-18(7-11-20)27(29)32)21-13-22-23(17-4-8-19(28)9-5-17)14-34-26(22)16(2)25(21)33-3/h4-14H,1-3H3,(H2,29,32)(H,30,31)/b15-12+. The maximum atomic E-state index is 13.4. The summed E-state index contributed by atoms with van der Waals surface area (Å²) in [5.74, 6) is -0.593. The monoisotopic (exact) mass is 458 g/mol. The van der Waals surface area contributed by atoms with E-state index < -0.39 is 5.91 Å². The SMILES string of the molecule is COc1c(/C(C)=C/C(=O)Nc2ccc(C(N)=O)cc2)cc2c(-c3ccc(F)cc3)coc2c1C. The van der Waals surface area contributed by atoms with Crippen LogP contribution in [0.2, 0.25) is 0 Å². The quantitative estimate of drug-likeness (QED) is 0.363. The summed E-state index contributed by atoms with van der Waals surface area (Å²) in [6.07, 6.45) is 3.11. The van der Waals surface area contributed by atoms with Gasteiger partial charge in [-0.25, -0.2) is 4.39 Å². The third-order valence-electron chi connectivity index (χ3n) is 5.61. The number of ether oxygens (including phenoxy) is 1. The second kappa shape index (κ2) is 9.23. The molecule has 172 valence electrons. The van der Waals surface area contributed by atoms with Crippen molar-refractivity contribution in [1.82, 2.24) is 0 Å². The number of allylic oxidation sites excluding steroid dienone is 1. The van der Waals surface area contributed by atoms with Crippen LogP contribution in [0.4, 0.5) is 10.1 Å². The zero-order chi connectivity index (χ0) is 24.4. The smallest absolute Gasteiger partial charge is 0.248 e. The Balaban J connectivity index is 1.70. The van der Waals surface area contributed by atoms with Gasteiger partial charge in [-0.1, -0.05) is 12.1 Å². The summed E-state index contributed by atoms with van der Waals surface area (Å²) in [5.41, 5.74) is 10.6. The molecule has 7 heteroatoms. The molecule has 0 aliphatic carbocycles. The van der Waals surface area contributed by atoms with Crippen molar-refractivity contribution in [2.24, 2.45) is 5.73 Å². The predicted molar refractivity (Wildman–Crippen MR) is 130 cm³/mol. The van der Waals surface area contributed by atoms with E-state index in [9.17, 15) is 14.0 Å². The van der Waals surface area contributed by atoms with E-state index in [-0.39, 0.29) is 11.7 Å². The molecule has 0 radical (unpaired) electrons. The van der Waals surface area contributed by atoms with Gasteiger partial charge in [0.25, 0.3) is 0 Å². The summed E-state index contributed by atoms with van der Waals surface area (Å²) < 4.78 is 24.9. The summed E-state index contributed by atoms with van der Waals surface area (Å²) in [6.45, 7) is 3.70. The Bertz CT molecular complexity index is 1420. The van der Waals surface area contributed by atoms with Crippen molar-refractivity contribution in [3.05, 3.63) is 89.4 Å². The highest BCUT2D eigenvalue weighted by Crippen LogP contribution is 2.40. The highest BCUT2D eigenvalue weighted by molar-refractivity contribution is 6.06. The highest BCUT2D eigenvalue weighted by Gasteiger charge is 2.19. The molecule has 4 aromatic rings. The van der Waals surface area contributed by atoms with Gasteiger partial charge >= 0.3 is 0 Å². The number of hydrogen-bond donors (Lipinski definition) is 2. The lowest BCUT2D eigenvalue weighted by molar-refractivity contribution is -0.111. The molecular weight excluding hydrogens is 435 g/mol. The van der Waals surface area contributed by atoms with Crippen LogP contribution in [0.5, 0.6) is 5.75 Å². The molecule has 0 aliphatic heterocycles. The minimum atomic E-state index is -0.536. The summed E-state index contributed by atoms with van der Waals surface area (Å²) in [6, 6.07) is 14.4. The van der Waals surface area contributed by atoms with Crippen molar-refractivity contribution in [3.8, 4) is 16.9 Å². The zero-order valence-corrected chi connectivity index (χ0v) is 18.9. The van der Waals surface area contributed by atoms with Crippen LogP contribution in [0.25, 0.3) is 27.7 Å². The first-order valence-electron chi connectivity index (χ1n) is 10.5. The number of carbonyl (C=O) groups is 2. The molecule has 1 heterocycles. The molecular formula is C27H23FN2O4. The van der Waals surface area contributed by atoms with Gasteiger partial charge in [0, 0.05) is 39.4 Å². The van der Waals surface area contributed by atoms with Crippen LogP contribution in [0, 0.1) is 12.7 Å². The number of rotatable bonds is 6. The minimum absolute atomic E-state index is 0.316. The molecule has 0 unspecified atom stereocenters. The van der Waals surface area contributed by atoms with Gasteiger partial charge in [-0.05, 0) is 67.4 Å². The molecule has 4 rings (SSSR count). The summed E-state index contributed by atoms with van der Waals surface area (Å²) in [7, 11) is 1.56. The number of benzene rings is 3. The fourth-order valence-corrected chi connectivity index (χ4v) is 3.90. The lowest BCUT2D eigenvalue weighted by Gasteiger charge is -2.13. The van der Waals surface area contributed by atoms with Crippen molar-refractivity contribution in [3.63, 3.8) is 0 Å². The van der Waals surface area contributed by atoms with Crippen LogP contribution in [-0.2, 0) is 4.79 Å². The van der Waals surface area contributed by atoms with E-state index in [1.807, 2.05) is 19.9 Å². The molecule has 0 aliphatic rings. The first-order chi connectivity index (χ1) is 16.3. The average molecular weight is 458 g/mol. The summed E-state index contributed by atoms with van der Waals surface area (Å²) in [4.78, 5) is 23.9. The molecule has 3 aromatic carbocycles. The van der Waals surface area contributed by atoms with E-state index in [1.54, 1.807) is 49.8 Å². The number of primary amides is 1. The van der Waals surface area contributed by atoms with Crippen molar-refractivity contribution < 1.29 is 23.1 Å². The normalized spacial score (nSPS) is 11.5. The Morgan fingerprint density at radius 1 is 1.09 bits per heavy atom. The van der Waals surface area contributed by atoms with Gasteiger partial charge in [-0.3, -0.25) is 9.59 Å². The number of aryl methyl sites for hydroxylation is 1. The van der Waals surface area contributed by atoms with Crippen molar-refractivity contribution >= 4 is 34.0 Å². The van der Waals surface area contributed by atoms with E-state index in [2.05, 4.69) is 5.32 Å². The molecule has 0 fully saturated rings. The maximum Gasteiger partial charge on any atom is 0.248 e. The Morgan fingerprint density at radius 3 is 2.38 bits per heavy atom. The molecule has 2 amide bonds. The largest absolute Gasteiger partial charge is 0.496 e. The number of furan rings is 1. The van der Waals surface area contributed by atoms with Crippen molar-refractivity contribution in [2.75, 3.05) is 12.4 Å². The Morgan fingerprint density at radius 2 is 1.76 bits per heavy atom. The second-order valence-electron chi connectivity index (χ2n) is 7.87. The number of hydrogen-bond acceptors (Lipinski definition) is 4. The van der Waals surface area contributed by atoms with Gasteiger partial charge in [-0.2, -0.15) is 0 Å². The molecule has 0 saturated carbocycles. The van der Waals surface area contributed by atoms with Crippen molar-refractivity contribution in [1.29, 1.82) is 0 Å². The fraction of sp³-hybridized carbons (Fsp3) is 0.111. The number of carbonyl (C=O) groups excluding carboxylic acids is 2. The van der Waals surface area contributed by atoms with E-state index in [0.29, 0.717) is 28.2 Å². The average Bonchev–Trinajstić information content (AvgIpc) is 3.24. The predicted octanol–water partition coefficient (Wildman–Crippen LogP) is 5.70. The number of fused-ring (bicyclic) bond motifs is 1. The number of methoxy groups -OCH3 is 1. The minimum Gasteiger partial charge on any atom is -0.496 e. The number of nitrogens with one attached hydrogen (secondary N) is 1.